The van der Waals surface area contributed by atoms with E-state index in [2.05, 4.69) is 19.3 Å². The molecule has 0 aromatic rings. The summed E-state index contributed by atoms with van der Waals surface area (Å²) >= 11 is 0. The van der Waals surface area contributed by atoms with Gasteiger partial charge in [-0.3, -0.25) is 4.62 Å². The third kappa shape index (κ3) is 2.78. The van der Waals surface area contributed by atoms with E-state index in [4.69, 9.17) is 0 Å². The molecular formula is H5NOP2. The molecular weight excluding hydrogens is 92.0 g/mol. The van der Waals surface area contributed by atoms with Crippen LogP contribution in [0.4, 0.5) is 0 Å². The van der Waals surface area contributed by atoms with Gasteiger partial charge in [-0.1, -0.05) is 0 Å². The summed E-state index contributed by atoms with van der Waals surface area (Å²) in [5.74, 6) is 0. The van der Waals surface area contributed by atoms with Crippen molar-refractivity contribution >= 4 is 18.9 Å². The summed E-state index contributed by atoms with van der Waals surface area (Å²) in [6, 6.07) is 0. The Morgan fingerprint density at radius 3 is 2.00 bits per heavy atom. The minimum atomic E-state index is 2.02. The highest BCUT2D eigenvalue weighted by atomic mass is 31.0. The summed E-state index contributed by atoms with van der Waals surface area (Å²) in [4.78, 5) is 0. The Hall–Kier alpha value is 0.780. The van der Waals surface area contributed by atoms with Gasteiger partial charge in [0.2, 0.25) is 0 Å². The summed E-state index contributed by atoms with van der Waals surface area (Å²) in [6.07, 6.45) is 0. The lowest BCUT2D eigenvalue weighted by Crippen LogP contribution is -1.81. The zero-order valence-corrected chi connectivity index (χ0v) is 4.37. The first-order chi connectivity index (χ1) is 1.91. The van der Waals surface area contributed by atoms with E-state index in [1.165, 1.54) is 0 Å². The van der Waals surface area contributed by atoms with Gasteiger partial charge < -0.3 is 0 Å². The van der Waals surface area contributed by atoms with Gasteiger partial charge in [-0.2, -0.15) is 5.25 Å². The van der Waals surface area contributed by atoms with Crippen LogP contribution in [-0.4, -0.2) is 0 Å². The highest BCUT2D eigenvalue weighted by Gasteiger charge is 1.45. The number of hydrogen-bond acceptors (Lipinski definition) is 2. The summed E-state index contributed by atoms with van der Waals surface area (Å²) in [6.45, 7) is 0. The van der Waals surface area contributed by atoms with Crippen molar-refractivity contribution in [3.63, 3.8) is 0 Å². The van der Waals surface area contributed by atoms with Crippen LogP contribution in [0.15, 0.2) is 0 Å². The maximum Gasteiger partial charge on any atom is 0.0261 e. The quantitative estimate of drug-likeness (QED) is 0.369. The zero-order valence-electron chi connectivity index (χ0n) is 2.06. The van der Waals surface area contributed by atoms with Crippen molar-refractivity contribution in [2.45, 2.75) is 0 Å². The number of nitrogens with one attached hydrogen (secondary N) is 1. The molecule has 26 valence electrons. The summed E-state index contributed by atoms with van der Waals surface area (Å²) in [7, 11) is 4.19. The molecule has 0 heterocycles. The van der Waals surface area contributed by atoms with E-state index < -0.39 is 0 Å². The zero-order chi connectivity index (χ0) is 3.41. The predicted octanol–water partition coefficient (Wildman–Crippen LogP) is 0.0878. The van der Waals surface area contributed by atoms with Gasteiger partial charge in [-0.15, -0.1) is 0 Å². The van der Waals surface area contributed by atoms with Crippen LogP contribution >= 0.6 is 18.9 Å². The molecule has 0 radical (unpaired) electrons. The fourth-order valence-electron chi connectivity index (χ4n) is 0. The molecule has 0 aliphatic heterocycles. The molecule has 2 nitrogen and oxygen atoms in total. The largest absolute Gasteiger partial charge is 0.283 e. The molecule has 0 saturated carbocycles. The SMILES string of the molecule is PNOP. The fraction of sp³-hybridized carbons (Fsp3) is 0. The van der Waals surface area contributed by atoms with E-state index in [1.54, 1.807) is 0 Å². The Labute approximate surface area is 29.8 Å². The molecule has 0 bridgehead atoms. The van der Waals surface area contributed by atoms with Crippen LogP contribution in [0.3, 0.4) is 0 Å². The molecule has 0 aliphatic carbocycles. The van der Waals surface area contributed by atoms with Crippen LogP contribution in [0.2, 0.25) is 0 Å². The molecule has 0 aliphatic rings. The van der Waals surface area contributed by atoms with Crippen molar-refractivity contribution in [2.75, 3.05) is 0 Å². The van der Waals surface area contributed by atoms with Crippen LogP contribution in [-0.2, 0) is 4.62 Å². The molecule has 4 heavy (non-hydrogen) atoms. The molecule has 0 aromatic carbocycles. The second-order valence-corrected chi connectivity index (χ2v) is 0.707. The van der Waals surface area contributed by atoms with Crippen molar-refractivity contribution in [1.82, 2.24) is 5.25 Å². The molecule has 0 fully saturated rings. The Balaban J connectivity index is 1.97. The van der Waals surface area contributed by atoms with Gasteiger partial charge in [-0.05, 0) is 9.39 Å². The lowest BCUT2D eigenvalue weighted by molar-refractivity contribution is 0.339. The average Bonchev–Trinajstić information content (AvgIpc) is 1.37. The molecule has 4 heteroatoms. The maximum absolute atomic E-state index is 4.17. The van der Waals surface area contributed by atoms with E-state index in [9.17, 15) is 0 Å². The highest BCUT2D eigenvalue weighted by molar-refractivity contribution is 7.15. The average molecular weight is 97.0 g/mol. The molecule has 2 atom stereocenters. The first-order valence-electron chi connectivity index (χ1n) is 0.729. The summed E-state index contributed by atoms with van der Waals surface area (Å²) in [5.41, 5.74) is 0. The Morgan fingerprint density at radius 1 is 1.75 bits per heavy atom. The van der Waals surface area contributed by atoms with Crippen molar-refractivity contribution < 1.29 is 4.62 Å². The topological polar surface area (TPSA) is 21.3 Å². The minimum Gasteiger partial charge on any atom is -0.283 e. The molecule has 2 unspecified atom stereocenters. The van der Waals surface area contributed by atoms with Crippen LogP contribution in [0.5, 0.6) is 0 Å². The van der Waals surface area contributed by atoms with Crippen molar-refractivity contribution in [3.8, 4) is 0 Å². The van der Waals surface area contributed by atoms with Gasteiger partial charge >= 0.3 is 0 Å². The van der Waals surface area contributed by atoms with Crippen LogP contribution in [0.25, 0.3) is 0 Å². The minimum absolute atomic E-state index is 2.02. The smallest absolute Gasteiger partial charge is 0.0261 e. The second-order valence-electron chi connectivity index (χ2n) is 0.236. The van der Waals surface area contributed by atoms with Crippen molar-refractivity contribution in [2.24, 2.45) is 0 Å². The summed E-state index contributed by atoms with van der Waals surface area (Å²) < 4.78 is 4.17. The van der Waals surface area contributed by atoms with Gasteiger partial charge in [0.1, 0.15) is 0 Å². The van der Waals surface area contributed by atoms with Crippen LogP contribution < -0.4 is 5.25 Å². The van der Waals surface area contributed by atoms with Crippen LogP contribution in [0, 0.1) is 0 Å². The van der Waals surface area contributed by atoms with Crippen molar-refractivity contribution in [3.05, 3.63) is 0 Å². The third-order valence-electron chi connectivity index (χ3n) is 0.0680. The third-order valence-corrected chi connectivity index (χ3v) is 0.612. The Bertz CT molecular complexity index is 8.00. The van der Waals surface area contributed by atoms with Gasteiger partial charge in [0.15, 0.2) is 0 Å². The summed E-state index contributed by atoms with van der Waals surface area (Å²) in [5, 5.41) is 2.31. The van der Waals surface area contributed by atoms with Gasteiger partial charge in [0.05, 0.1) is 0 Å². The standard InChI is InChI=1S/H5NOP2/c3-1-2-4/h1H,3-4H2. The molecule has 0 spiro atoms. The Morgan fingerprint density at radius 2 is 2.00 bits per heavy atom. The van der Waals surface area contributed by atoms with E-state index in [0.717, 1.165) is 0 Å². The lowest BCUT2D eigenvalue weighted by Gasteiger charge is -1.79. The fourth-order valence-corrected chi connectivity index (χ4v) is 0. The number of rotatable bonds is 1. The van der Waals surface area contributed by atoms with E-state index in [0.29, 0.717) is 0 Å². The molecule has 0 amide bonds. The number of hydrogen-bond donors (Lipinski definition) is 1. The van der Waals surface area contributed by atoms with Crippen LogP contribution in [0.1, 0.15) is 0 Å². The first-order valence-corrected chi connectivity index (χ1v) is 1.78. The Kier molecular flexibility index (Phi) is 4.52. The van der Waals surface area contributed by atoms with E-state index in [-0.39, 0.29) is 0 Å². The molecule has 0 rings (SSSR count). The van der Waals surface area contributed by atoms with Crippen molar-refractivity contribution in [1.29, 1.82) is 0 Å². The normalized spacial score (nSPS) is 7.50. The molecule has 0 saturated heterocycles. The molecule has 1 N–H and O–H groups in total. The second kappa shape index (κ2) is 3.78. The molecule has 0 aromatic heterocycles. The monoisotopic (exact) mass is 97.0 g/mol. The highest BCUT2D eigenvalue weighted by Crippen LogP contribution is 1.77. The maximum atomic E-state index is 4.17. The van der Waals surface area contributed by atoms with E-state index in [1.807, 2.05) is 9.47 Å². The van der Waals surface area contributed by atoms with Gasteiger partial charge in [0.25, 0.3) is 0 Å². The first kappa shape index (κ1) is 4.78. The van der Waals surface area contributed by atoms with E-state index >= 15 is 0 Å². The van der Waals surface area contributed by atoms with Gasteiger partial charge in [-0.25, -0.2) is 0 Å². The van der Waals surface area contributed by atoms with Gasteiger partial charge in [0, 0.05) is 9.47 Å². The lowest BCUT2D eigenvalue weighted by atomic mass is 13.5. The predicted molar refractivity (Wildman–Crippen MR) is 23.6 cm³/mol.